The van der Waals surface area contributed by atoms with Gasteiger partial charge in [-0.2, -0.15) is 4.98 Å². The summed E-state index contributed by atoms with van der Waals surface area (Å²) in [6.45, 7) is 12.8. The number of hydrogen-bond acceptors (Lipinski definition) is 5. The number of nitrogens with zero attached hydrogens (tertiary/aromatic N) is 3. The molecule has 6 nitrogen and oxygen atoms in total. The first-order chi connectivity index (χ1) is 15.0. The molecule has 0 saturated carbocycles. The number of carbonyl (C=O) groups is 1. The van der Waals surface area contributed by atoms with Gasteiger partial charge in [0.05, 0.1) is 13.7 Å². The van der Waals surface area contributed by atoms with Gasteiger partial charge in [-0.3, -0.25) is 4.79 Å². The maximum Gasteiger partial charge on any atom is 0.254 e. The first-order valence-corrected chi connectivity index (χ1v) is 10.9. The van der Waals surface area contributed by atoms with Crippen molar-refractivity contribution in [3.63, 3.8) is 0 Å². The highest BCUT2D eigenvalue weighted by atomic mass is 16.5. The number of amides is 1. The summed E-state index contributed by atoms with van der Waals surface area (Å²) in [4.78, 5) is 19.2. The van der Waals surface area contributed by atoms with E-state index < -0.39 is 0 Å². The number of carbonyl (C=O) groups excluding carboxylic acids is 1. The van der Waals surface area contributed by atoms with Crippen LogP contribution in [0.4, 0.5) is 0 Å². The summed E-state index contributed by atoms with van der Waals surface area (Å²) < 4.78 is 10.9. The highest BCUT2D eigenvalue weighted by Crippen LogP contribution is 2.30. The maximum absolute atomic E-state index is 13.1. The second-order valence-corrected chi connectivity index (χ2v) is 9.56. The summed E-state index contributed by atoms with van der Waals surface area (Å²) in [5, 5.41) is 4.10. The van der Waals surface area contributed by atoms with E-state index in [0.29, 0.717) is 17.3 Å². The molecule has 1 heterocycles. The molecule has 0 N–H and O–H groups in total. The summed E-state index contributed by atoms with van der Waals surface area (Å²) in [7, 11) is 3.39. The van der Waals surface area contributed by atoms with Crippen LogP contribution in [0.15, 0.2) is 40.9 Å². The average molecular weight is 436 g/mol. The van der Waals surface area contributed by atoms with Crippen LogP contribution >= 0.6 is 0 Å². The number of benzene rings is 2. The monoisotopic (exact) mass is 435 g/mol. The van der Waals surface area contributed by atoms with E-state index in [-0.39, 0.29) is 23.8 Å². The van der Waals surface area contributed by atoms with Gasteiger partial charge in [0.2, 0.25) is 11.7 Å². The van der Waals surface area contributed by atoms with Crippen molar-refractivity contribution >= 4 is 5.91 Å². The molecule has 1 amide bonds. The van der Waals surface area contributed by atoms with Crippen LogP contribution in [0, 0.1) is 6.92 Å². The SMILES string of the molecule is COc1cc(C)c(C(=O)N(C)Cc2nc(-c3ccc(C(C)(C)C)cc3)no2)cc1C(C)C. The van der Waals surface area contributed by atoms with Crippen molar-refractivity contribution in [3.05, 3.63) is 64.5 Å². The molecule has 0 atom stereocenters. The zero-order valence-electron chi connectivity index (χ0n) is 20.3. The van der Waals surface area contributed by atoms with E-state index in [9.17, 15) is 4.79 Å². The largest absolute Gasteiger partial charge is 0.496 e. The van der Waals surface area contributed by atoms with Crippen LogP contribution in [0.2, 0.25) is 0 Å². The van der Waals surface area contributed by atoms with Crippen molar-refractivity contribution in [2.75, 3.05) is 14.2 Å². The van der Waals surface area contributed by atoms with Crippen LogP contribution < -0.4 is 4.74 Å². The molecule has 0 radical (unpaired) electrons. The van der Waals surface area contributed by atoms with Crippen LogP contribution in [0.5, 0.6) is 5.75 Å². The number of hydrogen-bond donors (Lipinski definition) is 0. The maximum atomic E-state index is 13.1. The smallest absolute Gasteiger partial charge is 0.254 e. The minimum atomic E-state index is -0.0960. The van der Waals surface area contributed by atoms with Crippen molar-refractivity contribution < 1.29 is 14.1 Å². The molecule has 0 spiro atoms. The lowest BCUT2D eigenvalue weighted by Crippen LogP contribution is -2.27. The lowest BCUT2D eigenvalue weighted by atomic mass is 9.87. The van der Waals surface area contributed by atoms with Gasteiger partial charge in [-0.25, -0.2) is 0 Å². The van der Waals surface area contributed by atoms with E-state index in [1.54, 1.807) is 19.1 Å². The van der Waals surface area contributed by atoms with Gasteiger partial charge in [0.1, 0.15) is 5.75 Å². The normalized spacial score (nSPS) is 11.7. The predicted octanol–water partition coefficient (Wildman–Crippen LogP) is 5.75. The molecule has 3 aromatic rings. The van der Waals surface area contributed by atoms with Crippen LogP contribution in [0.25, 0.3) is 11.4 Å². The topological polar surface area (TPSA) is 68.5 Å². The minimum absolute atomic E-state index is 0.0824. The molecule has 32 heavy (non-hydrogen) atoms. The molecule has 0 fully saturated rings. The van der Waals surface area contributed by atoms with Crippen molar-refractivity contribution in [2.24, 2.45) is 0 Å². The van der Waals surface area contributed by atoms with Gasteiger partial charge < -0.3 is 14.2 Å². The van der Waals surface area contributed by atoms with Crippen LogP contribution in [-0.4, -0.2) is 35.1 Å². The molecule has 0 bridgehead atoms. The summed E-state index contributed by atoms with van der Waals surface area (Å²) >= 11 is 0. The highest BCUT2D eigenvalue weighted by molar-refractivity contribution is 5.96. The molecule has 0 aliphatic heterocycles. The van der Waals surface area contributed by atoms with Crippen molar-refractivity contribution in [1.82, 2.24) is 15.0 Å². The fraction of sp³-hybridized carbons (Fsp3) is 0.423. The molecule has 0 aliphatic rings. The summed E-state index contributed by atoms with van der Waals surface area (Å²) in [6, 6.07) is 12.0. The summed E-state index contributed by atoms with van der Waals surface area (Å²) in [5.41, 5.74) is 4.73. The summed E-state index contributed by atoms with van der Waals surface area (Å²) in [6.07, 6.45) is 0. The number of aryl methyl sites for hydroxylation is 1. The molecule has 2 aromatic carbocycles. The predicted molar refractivity (Wildman–Crippen MR) is 126 cm³/mol. The molecule has 0 unspecified atom stereocenters. The van der Waals surface area contributed by atoms with Gasteiger partial charge in [-0.05, 0) is 47.1 Å². The Balaban J connectivity index is 1.77. The van der Waals surface area contributed by atoms with Crippen molar-refractivity contribution in [2.45, 2.75) is 59.4 Å². The van der Waals surface area contributed by atoms with Gasteiger partial charge in [0, 0.05) is 18.2 Å². The van der Waals surface area contributed by atoms with E-state index in [4.69, 9.17) is 9.26 Å². The molecule has 0 saturated heterocycles. The Morgan fingerprint density at radius 3 is 2.38 bits per heavy atom. The lowest BCUT2D eigenvalue weighted by Gasteiger charge is -2.19. The quantitative estimate of drug-likeness (QED) is 0.493. The van der Waals surface area contributed by atoms with Crippen molar-refractivity contribution in [3.8, 4) is 17.1 Å². The van der Waals surface area contributed by atoms with Crippen molar-refractivity contribution in [1.29, 1.82) is 0 Å². The Morgan fingerprint density at radius 2 is 1.81 bits per heavy atom. The molecule has 170 valence electrons. The van der Waals surface area contributed by atoms with E-state index in [1.807, 2.05) is 31.2 Å². The molecular weight excluding hydrogens is 402 g/mol. The number of methoxy groups -OCH3 is 1. The van der Waals surface area contributed by atoms with E-state index in [2.05, 4.69) is 56.9 Å². The third kappa shape index (κ3) is 5.01. The Kier molecular flexibility index (Phi) is 6.72. The van der Waals surface area contributed by atoms with Gasteiger partial charge in [0.15, 0.2) is 0 Å². The van der Waals surface area contributed by atoms with E-state index in [1.165, 1.54) is 5.56 Å². The van der Waals surface area contributed by atoms with Gasteiger partial charge >= 0.3 is 0 Å². The van der Waals surface area contributed by atoms with Crippen LogP contribution in [0.1, 0.15) is 73.5 Å². The Morgan fingerprint density at radius 1 is 1.16 bits per heavy atom. The molecular formula is C26H33N3O3. The van der Waals surface area contributed by atoms with Gasteiger partial charge in [0.25, 0.3) is 5.91 Å². The second kappa shape index (κ2) is 9.15. The zero-order valence-corrected chi connectivity index (χ0v) is 20.3. The standard InChI is InChI=1S/C26H33N3O3/c1-16(2)20-14-21(17(3)13-22(20)31-8)25(30)29(7)15-23-27-24(28-32-23)18-9-11-19(12-10-18)26(4,5)6/h9-14,16H,15H2,1-8H3. The third-order valence-corrected chi connectivity index (χ3v) is 5.63. The number of aromatic nitrogens is 2. The highest BCUT2D eigenvalue weighted by Gasteiger charge is 2.21. The van der Waals surface area contributed by atoms with Crippen LogP contribution in [0.3, 0.4) is 0 Å². The number of rotatable bonds is 6. The first kappa shape index (κ1) is 23.5. The van der Waals surface area contributed by atoms with E-state index in [0.717, 1.165) is 22.4 Å². The fourth-order valence-corrected chi connectivity index (χ4v) is 3.59. The zero-order chi connectivity index (χ0) is 23.6. The average Bonchev–Trinajstić information content (AvgIpc) is 3.20. The minimum Gasteiger partial charge on any atom is -0.496 e. The van der Waals surface area contributed by atoms with E-state index >= 15 is 0 Å². The first-order valence-electron chi connectivity index (χ1n) is 10.9. The number of ether oxygens (including phenoxy) is 1. The lowest BCUT2D eigenvalue weighted by molar-refractivity contribution is 0.0768. The van der Waals surface area contributed by atoms with Gasteiger partial charge in [-0.1, -0.05) is 64.0 Å². The molecule has 0 aliphatic carbocycles. The Labute approximate surface area is 190 Å². The Hall–Kier alpha value is -3.15. The second-order valence-electron chi connectivity index (χ2n) is 9.56. The fourth-order valence-electron chi connectivity index (χ4n) is 3.59. The molecule has 1 aromatic heterocycles. The molecule has 6 heteroatoms. The summed E-state index contributed by atoms with van der Waals surface area (Å²) in [5.74, 6) is 1.86. The molecule has 3 rings (SSSR count). The Bertz CT molecular complexity index is 1090. The third-order valence-electron chi connectivity index (χ3n) is 5.63. The van der Waals surface area contributed by atoms with Gasteiger partial charge in [-0.15, -0.1) is 0 Å². The van der Waals surface area contributed by atoms with Crippen LogP contribution in [-0.2, 0) is 12.0 Å².